The lowest BCUT2D eigenvalue weighted by Crippen LogP contribution is -2.21. The van der Waals surface area contributed by atoms with Gasteiger partial charge in [-0.1, -0.05) is 18.2 Å². The maximum atomic E-state index is 11.0. The van der Waals surface area contributed by atoms with E-state index in [1.807, 2.05) is 12.2 Å². The highest BCUT2D eigenvalue weighted by atomic mass is 35.5. The molecule has 2 aliphatic rings. The maximum absolute atomic E-state index is 11.0. The standard InChI is InChI=1S/C8H7NO2.ClH/c10-7-5-3-1-2-4-6(5)8(11)9-7;/h1-3,6H,4H2,(H,9,10,11);1H. The van der Waals surface area contributed by atoms with Gasteiger partial charge in [-0.25, -0.2) is 0 Å². The van der Waals surface area contributed by atoms with E-state index in [9.17, 15) is 9.59 Å². The molecular weight excluding hydrogens is 178 g/mol. The van der Waals surface area contributed by atoms with Crippen LogP contribution in [0.1, 0.15) is 6.42 Å². The highest BCUT2D eigenvalue weighted by Crippen LogP contribution is 2.25. The summed E-state index contributed by atoms with van der Waals surface area (Å²) in [5, 5.41) is 2.27. The molecule has 0 spiro atoms. The Morgan fingerprint density at radius 1 is 1.42 bits per heavy atom. The average Bonchev–Trinajstić information content (AvgIpc) is 2.30. The Labute approximate surface area is 75.9 Å². The van der Waals surface area contributed by atoms with Gasteiger partial charge in [0.2, 0.25) is 5.91 Å². The van der Waals surface area contributed by atoms with Crippen LogP contribution in [0.5, 0.6) is 0 Å². The summed E-state index contributed by atoms with van der Waals surface area (Å²) in [6, 6.07) is 0. The lowest BCUT2D eigenvalue weighted by atomic mass is 9.94. The molecule has 1 unspecified atom stereocenters. The molecule has 0 bridgehead atoms. The monoisotopic (exact) mass is 185 g/mol. The van der Waals surface area contributed by atoms with E-state index in [0.717, 1.165) is 0 Å². The van der Waals surface area contributed by atoms with Gasteiger partial charge in [-0.2, -0.15) is 0 Å². The second-order valence-electron chi connectivity index (χ2n) is 2.66. The van der Waals surface area contributed by atoms with Gasteiger partial charge in [0, 0.05) is 5.57 Å². The largest absolute Gasteiger partial charge is 0.292 e. The van der Waals surface area contributed by atoms with Crippen molar-refractivity contribution in [2.75, 3.05) is 0 Å². The summed E-state index contributed by atoms with van der Waals surface area (Å²) in [4.78, 5) is 22.0. The predicted molar refractivity (Wildman–Crippen MR) is 45.7 cm³/mol. The van der Waals surface area contributed by atoms with Gasteiger partial charge >= 0.3 is 0 Å². The molecular formula is C8H8ClNO2. The lowest BCUT2D eigenvalue weighted by Gasteiger charge is -2.06. The predicted octanol–water partition coefficient (Wildman–Crippen LogP) is 0.567. The highest BCUT2D eigenvalue weighted by molar-refractivity contribution is 6.15. The minimum atomic E-state index is -0.232. The van der Waals surface area contributed by atoms with Crippen LogP contribution in [-0.2, 0) is 9.59 Å². The fraction of sp³-hybridized carbons (Fsp3) is 0.250. The fourth-order valence-corrected chi connectivity index (χ4v) is 1.38. The molecule has 0 aromatic carbocycles. The number of hydrogen-bond donors (Lipinski definition) is 1. The molecule has 0 aromatic rings. The van der Waals surface area contributed by atoms with Crippen molar-refractivity contribution in [1.82, 2.24) is 5.32 Å². The topological polar surface area (TPSA) is 46.2 Å². The van der Waals surface area contributed by atoms with Crippen molar-refractivity contribution >= 4 is 24.2 Å². The first-order valence-electron chi connectivity index (χ1n) is 3.51. The summed E-state index contributed by atoms with van der Waals surface area (Å²) in [6.45, 7) is 0. The SMILES string of the molecule is Cl.O=C1NC(=O)C2CC=CC=C12. The summed E-state index contributed by atoms with van der Waals surface area (Å²) < 4.78 is 0. The van der Waals surface area contributed by atoms with Crippen molar-refractivity contribution in [1.29, 1.82) is 0 Å². The number of carbonyl (C=O) groups is 2. The van der Waals surface area contributed by atoms with Gasteiger partial charge in [-0.15, -0.1) is 12.4 Å². The second kappa shape index (κ2) is 3.11. The third-order valence-electron chi connectivity index (χ3n) is 1.97. The number of hydrogen-bond acceptors (Lipinski definition) is 2. The van der Waals surface area contributed by atoms with Crippen molar-refractivity contribution < 1.29 is 9.59 Å². The third-order valence-corrected chi connectivity index (χ3v) is 1.97. The van der Waals surface area contributed by atoms with Crippen LogP contribution in [-0.4, -0.2) is 11.8 Å². The van der Waals surface area contributed by atoms with Gasteiger partial charge in [-0.3, -0.25) is 14.9 Å². The molecule has 0 radical (unpaired) electrons. The van der Waals surface area contributed by atoms with E-state index in [4.69, 9.17) is 0 Å². The van der Waals surface area contributed by atoms with Crippen LogP contribution in [0.3, 0.4) is 0 Å². The fourth-order valence-electron chi connectivity index (χ4n) is 1.38. The Bertz CT molecular complexity index is 293. The number of imide groups is 1. The van der Waals surface area contributed by atoms with Crippen molar-refractivity contribution in [2.24, 2.45) is 5.92 Å². The minimum Gasteiger partial charge on any atom is -0.292 e. The normalized spacial score (nSPS) is 25.7. The summed E-state index contributed by atoms with van der Waals surface area (Å²) in [5.74, 6) is -0.609. The molecule has 3 nitrogen and oxygen atoms in total. The summed E-state index contributed by atoms with van der Waals surface area (Å²) in [6.07, 6.45) is 6.06. The number of amides is 2. The number of fused-ring (bicyclic) bond motifs is 1. The third kappa shape index (κ3) is 1.16. The molecule has 1 saturated heterocycles. The van der Waals surface area contributed by atoms with Crippen LogP contribution >= 0.6 is 12.4 Å². The summed E-state index contributed by atoms with van der Waals surface area (Å²) in [5.41, 5.74) is 0.609. The zero-order valence-corrected chi connectivity index (χ0v) is 7.06. The molecule has 2 amide bonds. The zero-order valence-electron chi connectivity index (χ0n) is 6.24. The van der Waals surface area contributed by atoms with Gasteiger partial charge in [0.15, 0.2) is 0 Å². The Morgan fingerprint density at radius 3 is 2.83 bits per heavy atom. The van der Waals surface area contributed by atoms with Gasteiger partial charge in [0.05, 0.1) is 5.92 Å². The van der Waals surface area contributed by atoms with E-state index < -0.39 is 0 Å². The van der Waals surface area contributed by atoms with Crippen molar-refractivity contribution in [3.05, 3.63) is 23.8 Å². The van der Waals surface area contributed by atoms with E-state index in [-0.39, 0.29) is 30.1 Å². The molecule has 12 heavy (non-hydrogen) atoms. The first kappa shape index (κ1) is 9.00. The Kier molecular flexibility index (Phi) is 2.33. The molecule has 1 aliphatic carbocycles. The van der Waals surface area contributed by atoms with Crippen LogP contribution in [0, 0.1) is 5.92 Å². The van der Waals surface area contributed by atoms with Gasteiger partial charge < -0.3 is 0 Å². The van der Waals surface area contributed by atoms with Crippen LogP contribution < -0.4 is 5.32 Å². The average molecular weight is 186 g/mol. The first-order valence-corrected chi connectivity index (χ1v) is 3.51. The van der Waals surface area contributed by atoms with Gasteiger partial charge in [0.1, 0.15) is 0 Å². The summed E-state index contributed by atoms with van der Waals surface area (Å²) >= 11 is 0. The van der Waals surface area contributed by atoms with E-state index in [2.05, 4.69) is 5.32 Å². The van der Waals surface area contributed by atoms with E-state index >= 15 is 0 Å². The molecule has 2 rings (SSSR count). The van der Waals surface area contributed by atoms with E-state index in [1.165, 1.54) is 0 Å². The van der Waals surface area contributed by atoms with Gasteiger partial charge in [0.25, 0.3) is 5.91 Å². The molecule has 1 aliphatic heterocycles. The summed E-state index contributed by atoms with van der Waals surface area (Å²) in [7, 11) is 0. The van der Waals surface area contributed by atoms with Crippen molar-refractivity contribution in [3.63, 3.8) is 0 Å². The zero-order chi connectivity index (χ0) is 7.84. The molecule has 0 saturated carbocycles. The maximum Gasteiger partial charge on any atom is 0.254 e. The van der Waals surface area contributed by atoms with Gasteiger partial charge in [-0.05, 0) is 6.42 Å². The van der Waals surface area contributed by atoms with Crippen LogP contribution in [0.2, 0.25) is 0 Å². The molecule has 1 atom stereocenters. The van der Waals surface area contributed by atoms with Crippen molar-refractivity contribution in [2.45, 2.75) is 6.42 Å². The Balaban J connectivity index is 0.000000720. The van der Waals surface area contributed by atoms with Crippen LogP contribution in [0.15, 0.2) is 23.8 Å². The number of nitrogens with one attached hydrogen (secondary N) is 1. The van der Waals surface area contributed by atoms with Crippen LogP contribution in [0.25, 0.3) is 0 Å². The number of allylic oxidation sites excluding steroid dienone is 3. The molecule has 0 aromatic heterocycles. The molecule has 4 heteroatoms. The number of carbonyl (C=O) groups excluding carboxylic acids is 2. The minimum absolute atomic E-state index is 0. The smallest absolute Gasteiger partial charge is 0.254 e. The number of rotatable bonds is 0. The Hall–Kier alpha value is -1.09. The lowest BCUT2D eigenvalue weighted by molar-refractivity contribution is -0.125. The Morgan fingerprint density at radius 2 is 2.17 bits per heavy atom. The molecule has 1 N–H and O–H groups in total. The molecule has 1 heterocycles. The first-order chi connectivity index (χ1) is 5.29. The van der Waals surface area contributed by atoms with Crippen LogP contribution in [0.4, 0.5) is 0 Å². The van der Waals surface area contributed by atoms with Crippen molar-refractivity contribution in [3.8, 4) is 0 Å². The van der Waals surface area contributed by atoms with E-state index in [1.54, 1.807) is 6.08 Å². The highest BCUT2D eigenvalue weighted by Gasteiger charge is 2.35. The molecule has 64 valence electrons. The molecule has 1 fully saturated rings. The number of halogens is 1. The van der Waals surface area contributed by atoms with E-state index in [0.29, 0.717) is 12.0 Å². The second-order valence-corrected chi connectivity index (χ2v) is 2.66. The quantitative estimate of drug-likeness (QED) is 0.561.